The first-order valence-corrected chi connectivity index (χ1v) is 13.6. The number of hydrogen-bond acceptors (Lipinski definition) is 6. The van der Waals surface area contributed by atoms with Crippen molar-refractivity contribution in [3.63, 3.8) is 0 Å². The maximum absolute atomic E-state index is 14.0. The van der Waals surface area contributed by atoms with Crippen molar-refractivity contribution in [2.24, 2.45) is 0 Å². The van der Waals surface area contributed by atoms with Crippen LogP contribution in [0, 0.1) is 11.8 Å². The van der Waals surface area contributed by atoms with Crippen molar-refractivity contribution in [3.05, 3.63) is 84.0 Å². The molecule has 2 rings (SSSR count). The highest BCUT2D eigenvalue weighted by molar-refractivity contribution is 5.81. The SMILES string of the molecule is C=CC(=O)OCCCCCCOc1ccc(C#Cc2ccc(OCCCCOC(=O)C=C)cc2)c(C(F)(F)F)c1C(F)(F)F. The molecule has 0 aliphatic carbocycles. The molecular weight excluding hydrogens is 594 g/mol. The van der Waals surface area contributed by atoms with Gasteiger partial charge >= 0.3 is 24.3 Å². The Labute approximate surface area is 251 Å². The van der Waals surface area contributed by atoms with Gasteiger partial charge in [0.1, 0.15) is 17.1 Å². The molecule has 0 saturated heterocycles. The van der Waals surface area contributed by atoms with Gasteiger partial charge in [0.05, 0.1) is 32.0 Å². The molecule has 6 nitrogen and oxygen atoms in total. The van der Waals surface area contributed by atoms with E-state index in [1.54, 1.807) is 0 Å². The molecule has 0 fully saturated rings. The molecule has 0 spiro atoms. The molecule has 2 aromatic rings. The summed E-state index contributed by atoms with van der Waals surface area (Å²) in [5.41, 5.74) is -4.44. The van der Waals surface area contributed by atoms with Gasteiger partial charge in [-0.3, -0.25) is 0 Å². The first-order valence-electron chi connectivity index (χ1n) is 13.6. The second-order valence-corrected chi connectivity index (χ2v) is 9.19. The number of hydrogen-bond donors (Lipinski definition) is 0. The summed E-state index contributed by atoms with van der Waals surface area (Å²) in [6.07, 6.45) is -5.64. The Kier molecular flexibility index (Phi) is 14.4. The summed E-state index contributed by atoms with van der Waals surface area (Å²) in [5.74, 6) is 3.13. The van der Waals surface area contributed by atoms with Crippen LogP contribution in [0.3, 0.4) is 0 Å². The zero-order valence-corrected chi connectivity index (χ0v) is 23.8. The average Bonchev–Trinajstić information content (AvgIpc) is 2.98. The van der Waals surface area contributed by atoms with Gasteiger partial charge in [-0.25, -0.2) is 9.59 Å². The molecule has 238 valence electrons. The third-order valence-corrected chi connectivity index (χ3v) is 5.86. The smallest absolute Gasteiger partial charge is 0.420 e. The normalized spacial score (nSPS) is 11.1. The van der Waals surface area contributed by atoms with Crippen LogP contribution in [-0.2, 0) is 31.4 Å². The fourth-order valence-electron chi connectivity index (χ4n) is 3.76. The van der Waals surface area contributed by atoms with E-state index in [1.165, 1.54) is 24.3 Å². The highest BCUT2D eigenvalue weighted by Gasteiger charge is 2.47. The summed E-state index contributed by atoms with van der Waals surface area (Å²) in [7, 11) is 0. The van der Waals surface area contributed by atoms with Gasteiger partial charge in [0.15, 0.2) is 0 Å². The summed E-state index contributed by atoms with van der Waals surface area (Å²) in [6.45, 7) is 6.99. The molecule has 2 aromatic carbocycles. The van der Waals surface area contributed by atoms with Gasteiger partial charge in [-0.1, -0.05) is 25.0 Å². The molecule has 0 N–H and O–H groups in total. The maximum Gasteiger partial charge on any atom is 0.420 e. The number of carbonyl (C=O) groups excluding carboxylic acids is 2. The molecule has 12 heteroatoms. The maximum atomic E-state index is 14.0. The summed E-state index contributed by atoms with van der Waals surface area (Å²) in [6, 6.07) is 7.68. The van der Waals surface area contributed by atoms with Gasteiger partial charge in [0.2, 0.25) is 0 Å². The second kappa shape index (κ2) is 17.7. The van der Waals surface area contributed by atoms with E-state index in [-0.39, 0.29) is 31.8 Å². The van der Waals surface area contributed by atoms with Gasteiger partial charge in [-0.15, -0.1) is 0 Å². The van der Waals surface area contributed by atoms with Crippen molar-refractivity contribution in [1.82, 2.24) is 0 Å². The molecule has 0 saturated carbocycles. The Morgan fingerprint density at radius 3 is 1.68 bits per heavy atom. The summed E-state index contributed by atoms with van der Waals surface area (Å²) >= 11 is 0. The van der Waals surface area contributed by atoms with Crippen LogP contribution in [-0.4, -0.2) is 38.4 Å². The lowest BCUT2D eigenvalue weighted by Crippen LogP contribution is -2.20. The lowest BCUT2D eigenvalue weighted by molar-refractivity contribution is -0.163. The Morgan fingerprint density at radius 2 is 1.14 bits per heavy atom. The zero-order chi connectivity index (χ0) is 32.6. The molecule has 0 aromatic heterocycles. The first-order chi connectivity index (χ1) is 20.9. The first kappa shape index (κ1) is 35.8. The number of alkyl halides is 6. The number of esters is 2. The topological polar surface area (TPSA) is 71.1 Å². The van der Waals surface area contributed by atoms with Crippen LogP contribution in [0.2, 0.25) is 0 Å². The molecule has 0 bridgehead atoms. The Bertz CT molecular complexity index is 1320. The van der Waals surface area contributed by atoms with Gasteiger partial charge in [-0.05, 0) is 74.9 Å². The van der Waals surface area contributed by atoms with E-state index in [4.69, 9.17) is 18.9 Å². The van der Waals surface area contributed by atoms with Gasteiger partial charge in [0.25, 0.3) is 0 Å². The minimum Gasteiger partial charge on any atom is -0.494 e. The molecule has 44 heavy (non-hydrogen) atoms. The van der Waals surface area contributed by atoms with Crippen molar-refractivity contribution in [2.75, 3.05) is 26.4 Å². The van der Waals surface area contributed by atoms with E-state index in [2.05, 4.69) is 25.0 Å². The van der Waals surface area contributed by atoms with Crippen molar-refractivity contribution >= 4 is 11.9 Å². The van der Waals surface area contributed by atoms with Crippen LogP contribution in [0.5, 0.6) is 11.5 Å². The molecule has 0 radical (unpaired) electrons. The number of unbranched alkanes of at least 4 members (excludes halogenated alkanes) is 4. The number of carbonyl (C=O) groups is 2. The van der Waals surface area contributed by atoms with Crippen LogP contribution in [0.1, 0.15) is 60.8 Å². The van der Waals surface area contributed by atoms with Gasteiger partial charge in [0, 0.05) is 23.3 Å². The number of rotatable bonds is 16. The van der Waals surface area contributed by atoms with Crippen molar-refractivity contribution < 1.29 is 54.9 Å². The third kappa shape index (κ3) is 12.5. The third-order valence-electron chi connectivity index (χ3n) is 5.86. The zero-order valence-electron chi connectivity index (χ0n) is 23.8. The van der Waals surface area contributed by atoms with E-state index in [0.717, 1.165) is 24.3 Å². The van der Waals surface area contributed by atoms with Crippen molar-refractivity contribution in [2.45, 2.75) is 50.9 Å². The number of benzene rings is 2. The largest absolute Gasteiger partial charge is 0.494 e. The molecule has 0 amide bonds. The van der Waals surface area contributed by atoms with Crippen molar-refractivity contribution in [3.8, 4) is 23.3 Å². The summed E-state index contributed by atoms with van der Waals surface area (Å²) < 4.78 is 104. The molecule has 0 aliphatic heterocycles. The van der Waals surface area contributed by atoms with E-state index in [0.29, 0.717) is 44.5 Å². The predicted octanol–water partition coefficient (Wildman–Crippen LogP) is 7.68. The minimum absolute atomic E-state index is 0.150. The highest BCUT2D eigenvalue weighted by atomic mass is 19.4. The molecular formula is C32H32F6O6. The summed E-state index contributed by atoms with van der Waals surface area (Å²) in [5, 5.41) is 0. The van der Waals surface area contributed by atoms with Crippen LogP contribution >= 0.6 is 0 Å². The molecule has 0 atom stereocenters. The fourth-order valence-corrected chi connectivity index (χ4v) is 3.76. The van der Waals surface area contributed by atoms with E-state index in [9.17, 15) is 35.9 Å². The highest BCUT2D eigenvalue weighted by Crippen LogP contribution is 2.46. The summed E-state index contributed by atoms with van der Waals surface area (Å²) in [4.78, 5) is 22.0. The number of ether oxygens (including phenoxy) is 4. The van der Waals surface area contributed by atoms with E-state index in [1.807, 2.05) is 0 Å². The standard InChI is InChI=1S/C32H32F6O6/c1-3-27(39)43-21-8-6-5-7-20-42-26-18-15-24(29(31(33,34)35)30(26)32(36,37)38)14-11-23-12-16-25(17-13-23)41-19-9-10-22-44-28(40)4-2/h3-4,12-13,15-18H,1-2,5-10,19-22H2. The predicted molar refractivity (Wildman–Crippen MR) is 150 cm³/mol. The number of halogens is 6. The Hall–Kier alpha value is -4.40. The molecule has 0 heterocycles. The van der Waals surface area contributed by atoms with Crippen molar-refractivity contribution in [1.29, 1.82) is 0 Å². The molecule has 0 unspecified atom stereocenters. The second-order valence-electron chi connectivity index (χ2n) is 9.19. The lowest BCUT2D eigenvalue weighted by atomic mass is 9.98. The molecule has 0 aliphatic rings. The van der Waals surface area contributed by atoms with Crippen LogP contribution in [0.4, 0.5) is 26.3 Å². The average molecular weight is 627 g/mol. The van der Waals surface area contributed by atoms with Gasteiger partial charge in [-0.2, -0.15) is 26.3 Å². The lowest BCUT2D eigenvalue weighted by Gasteiger charge is -2.21. The van der Waals surface area contributed by atoms with E-state index < -0.39 is 46.7 Å². The monoisotopic (exact) mass is 626 g/mol. The Balaban J connectivity index is 2.08. The van der Waals surface area contributed by atoms with Gasteiger partial charge < -0.3 is 18.9 Å². The van der Waals surface area contributed by atoms with Crippen LogP contribution < -0.4 is 9.47 Å². The van der Waals surface area contributed by atoms with E-state index >= 15 is 0 Å². The quantitative estimate of drug-likeness (QED) is 0.0626. The van der Waals surface area contributed by atoms with Crippen LogP contribution in [0.15, 0.2) is 61.7 Å². The Morgan fingerprint density at radius 1 is 0.636 bits per heavy atom. The fraction of sp³-hybridized carbons (Fsp3) is 0.375. The van der Waals surface area contributed by atoms with Crippen LogP contribution in [0.25, 0.3) is 0 Å². The minimum atomic E-state index is -5.36.